The summed E-state index contributed by atoms with van der Waals surface area (Å²) in [5.41, 5.74) is 6.99. The van der Waals surface area contributed by atoms with E-state index in [1.54, 1.807) is 16.4 Å². The fraction of sp³-hybridized carbons (Fsp3) is 0.571. The van der Waals surface area contributed by atoms with E-state index in [1.165, 1.54) is 16.9 Å². The summed E-state index contributed by atoms with van der Waals surface area (Å²) in [4.78, 5) is 0.895. The molecule has 0 aliphatic carbocycles. The Hall–Kier alpha value is -0.690. The van der Waals surface area contributed by atoms with Crippen molar-refractivity contribution in [3.05, 3.63) is 28.7 Å². The highest BCUT2D eigenvalue weighted by molar-refractivity contribution is 7.91. The van der Waals surface area contributed by atoms with Gasteiger partial charge in [0.15, 0.2) is 0 Å². The monoisotopic (exact) mass is 314 g/mol. The van der Waals surface area contributed by atoms with E-state index in [9.17, 15) is 8.42 Å². The standard InChI is InChI=1S/C14H22N2O2S2/c1-14(2,3)11-6-8-16(9-7-11)20(17,18)13-5-4-12(10-15)19-13/h4-6H,7-10,15H2,1-3H3. The average Bonchev–Trinajstić information content (AvgIpc) is 2.87. The van der Waals surface area contributed by atoms with Crippen LogP contribution in [-0.2, 0) is 16.6 Å². The first-order valence-corrected chi connectivity index (χ1v) is 8.99. The minimum absolute atomic E-state index is 0.117. The van der Waals surface area contributed by atoms with Crippen LogP contribution in [0.15, 0.2) is 28.0 Å². The molecule has 1 aromatic heterocycles. The predicted molar refractivity (Wildman–Crippen MR) is 83.1 cm³/mol. The zero-order valence-corrected chi connectivity index (χ0v) is 13.9. The number of hydrogen-bond donors (Lipinski definition) is 1. The van der Waals surface area contributed by atoms with Gasteiger partial charge in [-0.05, 0) is 24.0 Å². The molecule has 2 N–H and O–H groups in total. The smallest absolute Gasteiger partial charge is 0.252 e. The normalized spacial score (nSPS) is 18.1. The van der Waals surface area contributed by atoms with Gasteiger partial charge in [0.2, 0.25) is 0 Å². The molecule has 20 heavy (non-hydrogen) atoms. The molecule has 0 aromatic carbocycles. The van der Waals surface area contributed by atoms with Crippen LogP contribution in [0.4, 0.5) is 0 Å². The van der Waals surface area contributed by atoms with Crippen molar-refractivity contribution < 1.29 is 8.42 Å². The molecule has 0 atom stereocenters. The van der Waals surface area contributed by atoms with Gasteiger partial charge in [0, 0.05) is 24.5 Å². The third-order valence-corrected chi connectivity index (χ3v) is 7.01. The van der Waals surface area contributed by atoms with Crippen LogP contribution in [0.25, 0.3) is 0 Å². The fourth-order valence-corrected chi connectivity index (χ4v) is 5.05. The third kappa shape index (κ3) is 3.14. The second-order valence-corrected chi connectivity index (χ2v) is 9.35. The summed E-state index contributed by atoms with van der Waals surface area (Å²) in [7, 11) is -3.37. The van der Waals surface area contributed by atoms with E-state index in [2.05, 4.69) is 26.8 Å². The lowest BCUT2D eigenvalue weighted by Crippen LogP contribution is -2.36. The number of thiophene rings is 1. The van der Waals surface area contributed by atoms with E-state index in [0.29, 0.717) is 23.8 Å². The average molecular weight is 314 g/mol. The van der Waals surface area contributed by atoms with E-state index in [-0.39, 0.29) is 5.41 Å². The summed E-state index contributed by atoms with van der Waals surface area (Å²) in [6.45, 7) is 7.89. The summed E-state index contributed by atoms with van der Waals surface area (Å²) in [5, 5.41) is 0. The van der Waals surface area contributed by atoms with E-state index in [1.807, 2.05) is 0 Å². The molecular formula is C14H22N2O2S2. The van der Waals surface area contributed by atoms with Crippen LogP contribution in [0.5, 0.6) is 0 Å². The van der Waals surface area contributed by atoms with Crippen molar-refractivity contribution >= 4 is 21.4 Å². The van der Waals surface area contributed by atoms with Crippen LogP contribution in [0.3, 0.4) is 0 Å². The molecule has 0 bridgehead atoms. The van der Waals surface area contributed by atoms with Crippen LogP contribution in [0.2, 0.25) is 0 Å². The quantitative estimate of drug-likeness (QED) is 0.872. The van der Waals surface area contributed by atoms with Crippen molar-refractivity contribution in [3.63, 3.8) is 0 Å². The highest BCUT2D eigenvalue weighted by atomic mass is 32.2. The number of nitrogens with two attached hydrogens (primary N) is 1. The largest absolute Gasteiger partial charge is 0.326 e. The van der Waals surface area contributed by atoms with Crippen molar-refractivity contribution in [1.29, 1.82) is 0 Å². The lowest BCUT2D eigenvalue weighted by Gasteiger charge is -2.31. The van der Waals surface area contributed by atoms with E-state index >= 15 is 0 Å². The van der Waals surface area contributed by atoms with Gasteiger partial charge < -0.3 is 5.73 Å². The highest BCUT2D eigenvalue weighted by Gasteiger charge is 2.29. The van der Waals surface area contributed by atoms with Gasteiger partial charge in [0.05, 0.1) is 0 Å². The van der Waals surface area contributed by atoms with Gasteiger partial charge in [-0.2, -0.15) is 4.31 Å². The minimum atomic E-state index is -3.37. The molecule has 1 aliphatic rings. The maximum absolute atomic E-state index is 12.5. The molecule has 112 valence electrons. The van der Waals surface area contributed by atoms with Gasteiger partial charge in [-0.15, -0.1) is 11.3 Å². The molecule has 4 nitrogen and oxygen atoms in total. The van der Waals surface area contributed by atoms with Gasteiger partial charge in [0.1, 0.15) is 4.21 Å². The molecule has 1 aliphatic heterocycles. The number of hydrogen-bond acceptors (Lipinski definition) is 4. The third-order valence-electron chi connectivity index (χ3n) is 3.57. The molecule has 0 unspecified atom stereocenters. The molecule has 0 radical (unpaired) electrons. The second kappa shape index (κ2) is 5.60. The van der Waals surface area contributed by atoms with Crippen LogP contribution < -0.4 is 5.73 Å². The molecule has 2 heterocycles. The molecule has 0 amide bonds. The van der Waals surface area contributed by atoms with Gasteiger partial charge >= 0.3 is 0 Å². The Balaban J connectivity index is 2.19. The Labute approximate surface area is 125 Å². The van der Waals surface area contributed by atoms with Gasteiger partial charge in [-0.3, -0.25) is 0 Å². The minimum Gasteiger partial charge on any atom is -0.326 e. The second-order valence-electron chi connectivity index (χ2n) is 6.02. The summed E-state index contributed by atoms with van der Waals surface area (Å²) in [5.74, 6) is 0. The summed E-state index contributed by atoms with van der Waals surface area (Å²) < 4.78 is 27.0. The van der Waals surface area contributed by atoms with Crippen LogP contribution in [0, 0.1) is 5.41 Å². The lowest BCUT2D eigenvalue weighted by atomic mass is 9.83. The summed E-state index contributed by atoms with van der Waals surface area (Å²) in [6, 6.07) is 3.45. The Bertz CT molecular complexity index is 609. The van der Waals surface area contributed by atoms with E-state index in [4.69, 9.17) is 5.73 Å². The Morgan fingerprint density at radius 1 is 1.35 bits per heavy atom. The van der Waals surface area contributed by atoms with Crippen molar-refractivity contribution in [3.8, 4) is 0 Å². The molecule has 0 fully saturated rings. The molecule has 6 heteroatoms. The molecule has 2 rings (SSSR count). The molecular weight excluding hydrogens is 292 g/mol. The topological polar surface area (TPSA) is 63.4 Å². The zero-order chi connectivity index (χ0) is 15.0. The van der Waals surface area contributed by atoms with Gasteiger partial charge in [-0.25, -0.2) is 8.42 Å². The van der Waals surface area contributed by atoms with Gasteiger partial charge in [-0.1, -0.05) is 32.4 Å². The van der Waals surface area contributed by atoms with Crippen molar-refractivity contribution in [2.24, 2.45) is 11.1 Å². The Morgan fingerprint density at radius 2 is 2.05 bits per heavy atom. The van der Waals surface area contributed by atoms with Crippen molar-refractivity contribution in [1.82, 2.24) is 4.31 Å². The SMILES string of the molecule is CC(C)(C)C1=CCN(S(=O)(=O)c2ccc(CN)s2)CC1. The summed E-state index contributed by atoms with van der Waals surface area (Å²) in [6.07, 6.45) is 2.86. The van der Waals surface area contributed by atoms with Gasteiger partial charge in [0.25, 0.3) is 10.0 Å². The first-order valence-electron chi connectivity index (χ1n) is 6.73. The molecule has 0 spiro atoms. The Morgan fingerprint density at radius 3 is 2.50 bits per heavy atom. The Kier molecular flexibility index (Phi) is 4.39. The molecule has 0 saturated heterocycles. The lowest BCUT2D eigenvalue weighted by molar-refractivity contribution is 0.390. The predicted octanol–water partition coefficient (Wildman–Crippen LogP) is 2.57. The van der Waals surface area contributed by atoms with Crippen molar-refractivity contribution in [2.75, 3.05) is 13.1 Å². The fourth-order valence-electron chi connectivity index (χ4n) is 2.28. The van der Waals surface area contributed by atoms with Crippen molar-refractivity contribution in [2.45, 2.75) is 37.9 Å². The zero-order valence-electron chi connectivity index (χ0n) is 12.2. The molecule has 1 aromatic rings. The van der Waals surface area contributed by atoms with Crippen LogP contribution in [0.1, 0.15) is 32.1 Å². The van der Waals surface area contributed by atoms with E-state index in [0.717, 1.165) is 11.3 Å². The highest BCUT2D eigenvalue weighted by Crippen LogP contribution is 2.32. The number of nitrogens with zero attached hydrogens (tertiary/aromatic N) is 1. The first kappa shape index (κ1) is 15.7. The van der Waals surface area contributed by atoms with Crippen LogP contribution >= 0.6 is 11.3 Å². The first-order chi connectivity index (χ1) is 9.25. The molecule has 0 saturated carbocycles. The maximum atomic E-state index is 12.5. The number of sulfonamides is 1. The van der Waals surface area contributed by atoms with E-state index < -0.39 is 10.0 Å². The van der Waals surface area contributed by atoms with Crippen LogP contribution in [-0.4, -0.2) is 25.8 Å². The maximum Gasteiger partial charge on any atom is 0.252 e. The number of rotatable bonds is 3. The summed E-state index contributed by atoms with van der Waals surface area (Å²) >= 11 is 1.26.